The number of benzene rings is 1. The summed E-state index contributed by atoms with van der Waals surface area (Å²) in [5.74, 6) is 0. The van der Waals surface area contributed by atoms with E-state index in [4.69, 9.17) is 5.73 Å². The first kappa shape index (κ1) is 9.66. The van der Waals surface area contributed by atoms with Gasteiger partial charge in [-0.2, -0.15) is 0 Å². The Bertz CT molecular complexity index is 301. The van der Waals surface area contributed by atoms with Gasteiger partial charge in [0.15, 0.2) is 0 Å². The van der Waals surface area contributed by atoms with Gasteiger partial charge in [0.25, 0.3) is 0 Å². The van der Waals surface area contributed by atoms with Crippen molar-refractivity contribution in [2.45, 2.75) is 31.2 Å². The molecule has 0 unspecified atom stereocenters. The van der Waals surface area contributed by atoms with Crippen molar-refractivity contribution in [1.29, 1.82) is 0 Å². The van der Waals surface area contributed by atoms with Crippen LogP contribution in [-0.4, -0.2) is 6.67 Å². The van der Waals surface area contributed by atoms with E-state index in [2.05, 4.69) is 24.3 Å². The van der Waals surface area contributed by atoms with Gasteiger partial charge < -0.3 is 5.73 Å². The zero-order valence-electron chi connectivity index (χ0n) is 8.30. The van der Waals surface area contributed by atoms with Crippen molar-refractivity contribution >= 4 is 0 Å². The smallest absolute Gasteiger partial charge is 0.0897 e. The van der Waals surface area contributed by atoms with Crippen LogP contribution < -0.4 is 5.73 Å². The van der Waals surface area contributed by atoms with Gasteiger partial charge in [0.05, 0.1) is 6.67 Å². The number of rotatable bonds is 4. The second kappa shape index (κ2) is 3.70. The van der Waals surface area contributed by atoms with Crippen molar-refractivity contribution in [1.82, 2.24) is 0 Å². The molecule has 1 fully saturated rings. The lowest BCUT2D eigenvalue weighted by Crippen LogP contribution is -2.18. The first-order chi connectivity index (χ1) is 6.74. The first-order valence-electron chi connectivity index (χ1n) is 5.19. The molecule has 2 heteroatoms. The van der Waals surface area contributed by atoms with Gasteiger partial charge in [0.1, 0.15) is 0 Å². The topological polar surface area (TPSA) is 26.0 Å². The number of nitrogens with two attached hydrogens (primary N) is 1. The van der Waals surface area contributed by atoms with E-state index in [-0.39, 0.29) is 12.2 Å². The lowest BCUT2D eigenvalue weighted by Gasteiger charge is -2.09. The molecule has 1 aliphatic rings. The van der Waals surface area contributed by atoms with Gasteiger partial charge in [-0.15, -0.1) is 0 Å². The Hall–Kier alpha value is -0.890. The standard InChI is InChI=1S/C12H16FN/c13-9-1-2-10-3-5-11(6-4-10)12(14)7-8-12/h3-6H,1-2,7-9,14H2. The summed E-state index contributed by atoms with van der Waals surface area (Å²) in [6.07, 6.45) is 3.63. The summed E-state index contributed by atoms with van der Waals surface area (Å²) in [6, 6.07) is 8.30. The van der Waals surface area contributed by atoms with Crippen LogP contribution in [0.15, 0.2) is 24.3 Å². The van der Waals surface area contributed by atoms with Crippen LogP contribution in [-0.2, 0) is 12.0 Å². The highest BCUT2D eigenvalue weighted by atomic mass is 19.1. The Morgan fingerprint density at radius 2 is 1.86 bits per heavy atom. The van der Waals surface area contributed by atoms with E-state index in [0.717, 1.165) is 19.3 Å². The van der Waals surface area contributed by atoms with Gasteiger partial charge in [-0.3, -0.25) is 4.39 Å². The van der Waals surface area contributed by atoms with E-state index < -0.39 is 0 Å². The number of hydrogen-bond acceptors (Lipinski definition) is 1. The van der Waals surface area contributed by atoms with E-state index in [9.17, 15) is 4.39 Å². The molecule has 0 saturated heterocycles. The molecule has 0 bridgehead atoms. The van der Waals surface area contributed by atoms with Gasteiger partial charge >= 0.3 is 0 Å². The van der Waals surface area contributed by atoms with Crippen LogP contribution in [0.4, 0.5) is 4.39 Å². The minimum absolute atomic E-state index is 0.0430. The number of halogens is 1. The third-order valence-electron chi connectivity index (χ3n) is 2.92. The molecule has 0 aliphatic heterocycles. The maximum atomic E-state index is 11.9. The molecule has 0 spiro atoms. The molecule has 0 amide bonds. The Balaban J connectivity index is 2.03. The number of aryl methyl sites for hydroxylation is 1. The minimum Gasteiger partial charge on any atom is -0.321 e. The third-order valence-corrected chi connectivity index (χ3v) is 2.92. The van der Waals surface area contributed by atoms with E-state index in [1.165, 1.54) is 11.1 Å². The molecule has 2 rings (SSSR count). The maximum Gasteiger partial charge on any atom is 0.0897 e. The molecular formula is C12H16FN. The van der Waals surface area contributed by atoms with Crippen LogP contribution in [0.25, 0.3) is 0 Å². The Kier molecular flexibility index (Phi) is 2.55. The van der Waals surface area contributed by atoms with E-state index >= 15 is 0 Å². The molecule has 76 valence electrons. The van der Waals surface area contributed by atoms with Crippen molar-refractivity contribution < 1.29 is 4.39 Å². The Morgan fingerprint density at radius 1 is 1.21 bits per heavy atom. The Labute approximate surface area is 84.1 Å². The second-order valence-electron chi connectivity index (χ2n) is 4.15. The molecule has 0 heterocycles. The van der Waals surface area contributed by atoms with Gasteiger partial charge in [-0.1, -0.05) is 24.3 Å². The van der Waals surface area contributed by atoms with Crippen LogP contribution in [0.2, 0.25) is 0 Å². The van der Waals surface area contributed by atoms with E-state index in [1.807, 2.05) is 0 Å². The third kappa shape index (κ3) is 1.95. The minimum atomic E-state index is -0.234. The molecule has 2 N–H and O–H groups in total. The molecule has 14 heavy (non-hydrogen) atoms. The molecule has 1 aromatic rings. The normalized spacial score (nSPS) is 18.1. The van der Waals surface area contributed by atoms with Crippen LogP contribution in [0.3, 0.4) is 0 Å². The molecule has 1 aliphatic carbocycles. The van der Waals surface area contributed by atoms with Crippen molar-refractivity contribution in [3.8, 4) is 0 Å². The van der Waals surface area contributed by atoms with Crippen LogP contribution in [0.5, 0.6) is 0 Å². The van der Waals surface area contributed by atoms with Crippen molar-refractivity contribution in [2.75, 3.05) is 6.67 Å². The molecule has 0 aromatic heterocycles. The second-order valence-corrected chi connectivity index (χ2v) is 4.15. The molecular weight excluding hydrogens is 177 g/mol. The predicted molar refractivity (Wildman–Crippen MR) is 55.8 cm³/mol. The molecule has 1 saturated carbocycles. The van der Waals surface area contributed by atoms with Crippen LogP contribution in [0.1, 0.15) is 30.4 Å². The predicted octanol–water partition coefficient (Wildman–Crippen LogP) is 2.54. The van der Waals surface area contributed by atoms with Crippen LogP contribution >= 0.6 is 0 Å². The lowest BCUT2D eigenvalue weighted by atomic mass is 10.0. The highest BCUT2D eigenvalue weighted by Crippen LogP contribution is 2.42. The summed E-state index contributed by atoms with van der Waals surface area (Å²) in [6.45, 7) is -0.234. The first-order valence-corrected chi connectivity index (χ1v) is 5.19. The fourth-order valence-electron chi connectivity index (χ4n) is 1.70. The Morgan fingerprint density at radius 3 is 2.36 bits per heavy atom. The average molecular weight is 193 g/mol. The van der Waals surface area contributed by atoms with E-state index in [1.54, 1.807) is 0 Å². The molecule has 0 atom stereocenters. The molecule has 0 radical (unpaired) electrons. The SMILES string of the molecule is NC1(c2ccc(CCCF)cc2)CC1. The lowest BCUT2D eigenvalue weighted by molar-refractivity contribution is 0.473. The van der Waals surface area contributed by atoms with Crippen molar-refractivity contribution in [2.24, 2.45) is 5.73 Å². The zero-order valence-corrected chi connectivity index (χ0v) is 8.30. The summed E-state index contributed by atoms with van der Waals surface area (Å²) < 4.78 is 11.9. The molecule has 1 aromatic carbocycles. The maximum absolute atomic E-state index is 11.9. The summed E-state index contributed by atoms with van der Waals surface area (Å²) in [5, 5.41) is 0. The summed E-state index contributed by atoms with van der Waals surface area (Å²) >= 11 is 0. The quantitative estimate of drug-likeness (QED) is 0.781. The number of alkyl halides is 1. The summed E-state index contributed by atoms with van der Waals surface area (Å²) in [4.78, 5) is 0. The highest BCUT2D eigenvalue weighted by molar-refractivity contribution is 5.32. The van der Waals surface area contributed by atoms with Gasteiger partial charge in [-0.25, -0.2) is 0 Å². The summed E-state index contributed by atoms with van der Waals surface area (Å²) in [5.41, 5.74) is 8.44. The zero-order chi connectivity index (χ0) is 10.0. The van der Waals surface area contributed by atoms with E-state index in [0.29, 0.717) is 6.42 Å². The fraction of sp³-hybridized carbons (Fsp3) is 0.500. The average Bonchev–Trinajstić information content (AvgIpc) is 2.96. The summed E-state index contributed by atoms with van der Waals surface area (Å²) in [7, 11) is 0. The van der Waals surface area contributed by atoms with Gasteiger partial charge in [0.2, 0.25) is 0 Å². The highest BCUT2D eigenvalue weighted by Gasteiger charge is 2.39. The molecule has 1 nitrogen and oxygen atoms in total. The van der Waals surface area contributed by atoms with Crippen LogP contribution in [0, 0.1) is 0 Å². The van der Waals surface area contributed by atoms with Crippen molar-refractivity contribution in [3.63, 3.8) is 0 Å². The van der Waals surface area contributed by atoms with Gasteiger partial charge in [0, 0.05) is 5.54 Å². The van der Waals surface area contributed by atoms with Crippen molar-refractivity contribution in [3.05, 3.63) is 35.4 Å². The monoisotopic (exact) mass is 193 g/mol. The number of hydrogen-bond donors (Lipinski definition) is 1. The largest absolute Gasteiger partial charge is 0.321 e. The fourth-order valence-corrected chi connectivity index (χ4v) is 1.70. The van der Waals surface area contributed by atoms with Gasteiger partial charge in [-0.05, 0) is 36.8 Å².